The maximum absolute atomic E-state index is 13.6. The van der Waals surface area contributed by atoms with Crippen LogP contribution in [0.5, 0.6) is 0 Å². The van der Waals surface area contributed by atoms with Gasteiger partial charge in [0, 0.05) is 31.4 Å². The molecule has 1 aromatic heterocycles. The molecule has 5 heteroatoms. The van der Waals surface area contributed by atoms with Gasteiger partial charge < -0.3 is 14.4 Å². The van der Waals surface area contributed by atoms with Gasteiger partial charge in [0.05, 0.1) is 12.2 Å². The lowest BCUT2D eigenvalue weighted by Crippen LogP contribution is -2.52. The Morgan fingerprint density at radius 2 is 2.11 bits per heavy atom. The average Bonchev–Trinajstić information content (AvgIpc) is 2.68. The van der Waals surface area contributed by atoms with Gasteiger partial charge in [0.25, 0.3) is 0 Å². The number of ether oxygens (including phenoxy) is 2. The average molecular weight is 375 g/mol. The van der Waals surface area contributed by atoms with Gasteiger partial charge in [-0.1, -0.05) is 6.07 Å². The molecule has 150 valence electrons. The molecule has 0 amide bonds. The Hall–Kier alpha value is -1.30. The van der Waals surface area contributed by atoms with Gasteiger partial charge in [-0.3, -0.25) is 9.78 Å². The van der Waals surface area contributed by atoms with E-state index < -0.39 is 0 Å². The number of aromatic nitrogens is 1. The van der Waals surface area contributed by atoms with Crippen molar-refractivity contribution in [2.24, 2.45) is 11.3 Å². The van der Waals surface area contributed by atoms with Gasteiger partial charge >= 0.3 is 0 Å². The topological polar surface area (TPSA) is 51.7 Å². The molecule has 2 fully saturated rings. The lowest BCUT2D eigenvalue weighted by atomic mass is 9.60. The molecular formula is C22H34N2O3. The van der Waals surface area contributed by atoms with E-state index in [0.29, 0.717) is 18.2 Å². The predicted molar refractivity (Wildman–Crippen MR) is 106 cm³/mol. The molecule has 2 saturated heterocycles. The number of nitrogens with zero attached hydrogens (tertiary/aromatic N) is 2. The first-order chi connectivity index (χ1) is 13.0. The van der Waals surface area contributed by atoms with Gasteiger partial charge in [0.1, 0.15) is 5.69 Å². The molecule has 3 rings (SSSR count). The molecule has 0 aliphatic carbocycles. The van der Waals surface area contributed by atoms with E-state index in [1.807, 2.05) is 25.1 Å². The Bertz CT molecular complexity index is 611. The summed E-state index contributed by atoms with van der Waals surface area (Å²) in [5.74, 6) is 0.603. The minimum Gasteiger partial charge on any atom is -0.380 e. The van der Waals surface area contributed by atoms with E-state index in [0.717, 1.165) is 58.5 Å². The minimum absolute atomic E-state index is 0.215. The standard InChI is InChI=1S/C22H34N2O3/c1-4-26-16-14-24-12-8-18(9-13-24)22(10-15-27-21(2,3)17-22)20(25)19-7-5-6-11-23-19/h5-7,11,18H,4,8-10,12-17H2,1-3H3. The van der Waals surface area contributed by atoms with Crippen LogP contribution < -0.4 is 0 Å². The highest BCUT2D eigenvalue weighted by Crippen LogP contribution is 2.49. The number of carbonyl (C=O) groups is 1. The molecule has 2 aliphatic heterocycles. The first kappa shape index (κ1) is 20.4. The van der Waals surface area contributed by atoms with E-state index in [2.05, 4.69) is 23.7 Å². The molecule has 0 aromatic carbocycles. The number of carbonyl (C=O) groups excluding carboxylic acids is 1. The molecule has 0 saturated carbocycles. The predicted octanol–water partition coefficient (Wildman–Crippen LogP) is 3.59. The van der Waals surface area contributed by atoms with Crippen molar-refractivity contribution in [3.8, 4) is 0 Å². The second-order valence-corrected chi connectivity index (χ2v) is 8.55. The van der Waals surface area contributed by atoms with Crippen LogP contribution in [0.3, 0.4) is 0 Å². The van der Waals surface area contributed by atoms with Crippen LogP contribution in [0.25, 0.3) is 0 Å². The third-order valence-electron chi connectivity index (χ3n) is 6.26. The van der Waals surface area contributed by atoms with Gasteiger partial charge in [-0.25, -0.2) is 0 Å². The van der Waals surface area contributed by atoms with Gasteiger partial charge in [-0.2, -0.15) is 0 Å². The van der Waals surface area contributed by atoms with E-state index in [9.17, 15) is 4.79 Å². The molecule has 1 aromatic rings. The number of ketones is 1. The summed E-state index contributed by atoms with van der Waals surface area (Å²) in [4.78, 5) is 20.5. The fourth-order valence-electron chi connectivity index (χ4n) is 4.94. The molecule has 27 heavy (non-hydrogen) atoms. The van der Waals surface area contributed by atoms with Crippen molar-refractivity contribution in [2.75, 3.05) is 39.5 Å². The van der Waals surface area contributed by atoms with Gasteiger partial charge in [-0.05, 0) is 77.6 Å². The summed E-state index contributed by atoms with van der Waals surface area (Å²) in [6.45, 7) is 11.5. The zero-order valence-corrected chi connectivity index (χ0v) is 17.1. The Kier molecular flexibility index (Phi) is 6.66. The van der Waals surface area contributed by atoms with Crippen molar-refractivity contribution in [3.63, 3.8) is 0 Å². The second kappa shape index (κ2) is 8.80. The third-order valence-corrected chi connectivity index (χ3v) is 6.26. The molecular weight excluding hydrogens is 340 g/mol. The van der Waals surface area contributed by atoms with Crippen LogP contribution in [-0.2, 0) is 9.47 Å². The summed E-state index contributed by atoms with van der Waals surface area (Å²) >= 11 is 0. The molecule has 3 heterocycles. The van der Waals surface area contributed by atoms with E-state index in [1.165, 1.54) is 0 Å². The van der Waals surface area contributed by atoms with E-state index >= 15 is 0 Å². The summed E-state index contributed by atoms with van der Waals surface area (Å²) in [5, 5.41) is 0. The lowest BCUT2D eigenvalue weighted by Gasteiger charge is -2.50. The van der Waals surface area contributed by atoms with Crippen LogP contribution in [-0.4, -0.2) is 60.7 Å². The first-order valence-electron chi connectivity index (χ1n) is 10.4. The maximum atomic E-state index is 13.6. The van der Waals surface area contributed by atoms with Crippen LogP contribution in [0.1, 0.15) is 56.9 Å². The number of pyridine rings is 1. The normalized spacial score (nSPS) is 26.8. The zero-order valence-electron chi connectivity index (χ0n) is 17.1. The molecule has 5 nitrogen and oxygen atoms in total. The summed E-state index contributed by atoms with van der Waals surface area (Å²) in [7, 11) is 0. The lowest BCUT2D eigenvalue weighted by molar-refractivity contribution is -0.114. The number of piperidine rings is 1. The summed E-state index contributed by atoms with van der Waals surface area (Å²) in [6.07, 6.45) is 5.41. The Morgan fingerprint density at radius 3 is 2.74 bits per heavy atom. The molecule has 1 unspecified atom stereocenters. The van der Waals surface area contributed by atoms with Crippen LogP contribution >= 0.6 is 0 Å². The maximum Gasteiger partial charge on any atom is 0.187 e. The van der Waals surface area contributed by atoms with Gasteiger partial charge in [-0.15, -0.1) is 0 Å². The summed E-state index contributed by atoms with van der Waals surface area (Å²) in [6, 6.07) is 5.65. The first-order valence-corrected chi connectivity index (χ1v) is 10.4. The van der Waals surface area contributed by atoms with Crippen molar-refractivity contribution >= 4 is 5.78 Å². The SMILES string of the molecule is CCOCCN1CCC(C2(C(=O)c3ccccn3)CCOC(C)(C)C2)CC1. The number of Topliss-reactive ketones (excluding diaryl/α,β-unsaturated/α-hetero) is 1. The number of hydrogen-bond acceptors (Lipinski definition) is 5. The van der Waals surface area contributed by atoms with Crippen LogP contribution in [0.2, 0.25) is 0 Å². The number of hydrogen-bond donors (Lipinski definition) is 0. The second-order valence-electron chi connectivity index (χ2n) is 8.55. The Balaban J connectivity index is 1.77. The molecule has 0 radical (unpaired) electrons. The van der Waals surface area contributed by atoms with Gasteiger partial charge in [0.2, 0.25) is 0 Å². The van der Waals surface area contributed by atoms with Crippen molar-refractivity contribution in [2.45, 2.75) is 52.1 Å². The fraction of sp³-hybridized carbons (Fsp3) is 0.727. The van der Waals surface area contributed by atoms with Crippen molar-refractivity contribution in [1.29, 1.82) is 0 Å². The largest absolute Gasteiger partial charge is 0.380 e. The molecule has 0 N–H and O–H groups in total. The van der Waals surface area contributed by atoms with E-state index in [4.69, 9.17) is 9.47 Å². The van der Waals surface area contributed by atoms with Crippen molar-refractivity contribution < 1.29 is 14.3 Å². The van der Waals surface area contributed by atoms with Crippen molar-refractivity contribution in [1.82, 2.24) is 9.88 Å². The summed E-state index contributed by atoms with van der Waals surface area (Å²) < 4.78 is 11.5. The number of likely N-dealkylation sites (tertiary alicyclic amines) is 1. The minimum atomic E-state index is -0.359. The quantitative estimate of drug-likeness (QED) is 0.539. The van der Waals surface area contributed by atoms with Crippen LogP contribution in [0.15, 0.2) is 24.4 Å². The highest BCUT2D eigenvalue weighted by molar-refractivity contribution is 5.99. The van der Waals surface area contributed by atoms with Crippen LogP contribution in [0.4, 0.5) is 0 Å². The smallest absolute Gasteiger partial charge is 0.187 e. The highest BCUT2D eigenvalue weighted by Gasteiger charge is 2.52. The monoisotopic (exact) mass is 374 g/mol. The molecule has 1 atom stereocenters. The Morgan fingerprint density at radius 1 is 1.33 bits per heavy atom. The molecule has 0 spiro atoms. The van der Waals surface area contributed by atoms with Crippen molar-refractivity contribution in [3.05, 3.63) is 30.1 Å². The highest BCUT2D eigenvalue weighted by atomic mass is 16.5. The van der Waals surface area contributed by atoms with Gasteiger partial charge in [0.15, 0.2) is 5.78 Å². The fourth-order valence-corrected chi connectivity index (χ4v) is 4.94. The third kappa shape index (κ3) is 4.76. The van der Waals surface area contributed by atoms with E-state index in [-0.39, 0.29) is 16.8 Å². The zero-order chi connectivity index (χ0) is 19.3. The number of rotatable bonds is 7. The molecule has 2 aliphatic rings. The Labute approximate surface area is 163 Å². The molecule has 0 bridgehead atoms. The van der Waals surface area contributed by atoms with Crippen LogP contribution in [0, 0.1) is 11.3 Å². The van der Waals surface area contributed by atoms with E-state index in [1.54, 1.807) is 6.20 Å². The summed E-state index contributed by atoms with van der Waals surface area (Å²) in [5.41, 5.74) is -0.0225.